The van der Waals surface area contributed by atoms with Crippen molar-refractivity contribution in [1.29, 1.82) is 0 Å². The fourth-order valence-corrected chi connectivity index (χ4v) is 11.8. The van der Waals surface area contributed by atoms with Gasteiger partial charge in [0.25, 0.3) is 0 Å². The van der Waals surface area contributed by atoms with Gasteiger partial charge in [0, 0.05) is 48.7 Å². The van der Waals surface area contributed by atoms with Crippen LogP contribution < -0.4 is 0 Å². The van der Waals surface area contributed by atoms with Gasteiger partial charge in [0.05, 0.1) is 0 Å². The van der Waals surface area contributed by atoms with Crippen LogP contribution in [0.4, 0.5) is 0 Å². The van der Waals surface area contributed by atoms with E-state index in [0.29, 0.717) is 0 Å². The summed E-state index contributed by atoms with van der Waals surface area (Å²) >= 11 is 0. The number of aryl methyl sites for hydroxylation is 5. The summed E-state index contributed by atoms with van der Waals surface area (Å²) in [4.78, 5) is 0. The maximum absolute atomic E-state index is 6.07. The van der Waals surface area contributed by atoms with E-state index in [4.69, 9.17) is 17.7 Å². The van der Waals surface area contributed by atoms with Gasteiger partial charge in [0.15, 0.2) is 0 Å². The molecule has 4 nitrogen and oxygen atoms in total. The van der Waals surface area contributed by atoms with E-state index in [2.05, 4.69) is 286 Å². The largest absolute Gasteiger partial charge is 0.456 e. The molecule has 0 aliphatic carbocycles. The summed E-state index contributed by atoms with van der Waals surface area (Å²) in [6.45, 7) is 17.2. The van der Waals surface area contributed by atoms with Gasteiger partial charge >= 0.3 is 0 Å². The number of hydrogen-bond acceptors (Lipinski definition) is 4. The molecule has 0 bridgehead atoms. The van der Waals surface area contributed by atoms with Crippen LogP contribution in [-0.4, -0.2) is 0 Å². The summed E-state index contributed by atoms with van der Waals surface area (Å²) in [6.07, 6.45) is 0. The second-order valence-corrected chi connectivity index (χ2v) is 24.8. The normalized spacial score (nSPS) is 11.3. The summed E-state index contributed by atoms with van der Waals surface area (Å²) in [5.41, 5.74) is 25.4. The van der Waals surface area contributed by atoms with E-state index in [-0.39, 0.29) is 5.41 Å². The summed E-state index contributed by atoms with van der Waals surface area (Å²) in [6, 6.07) is 101. The lowest BCUT2D eigenvalue weighted by Crippen LogP contribution is -2.10. The maximum atomic E-state index is 6.07. The number of benzene rings is 13. The van der Waals surface area contributed by atoms with Crippen LogP contribution >= 0.6 is 0 Å². The fraction of sp³-hybridized carbons (Fsp3) is 0.103. The molecule has 17 aromatic rings. The van der Waals surface area contributed by atoms with E-state index in [1.165, 1.54) is 115 Å². The zero-order valence-electron chi connectivity index (χ0n) is 52.8. The van der Waals surface area contributed by atoms with Crippen LogP contribution in [0.25, 0.3) is 132 Å². The Balaban J connectivity index is 0.000000105. The molecule has 444 valence electrons. The highest BCUT2D eigenvalue weighted by atomic mass is 16.3. The second kappa shape index (κ2) is 25.6. The van der Waals surface area contributed by atoms with E-state index in [1.807, 2.05) is 60.7 Å². The van der Waals surface area contributed by atoms with Gasteiger partial charge in [-0.2, -0.15) is 0 Å². The predicted molar refractivity (Wildman–Crippen MR) is 385 cm³/mol. The van der Waals surface area contributed by atoms with Crippen molar-refractivity contribution in [3.05, 3.63) is 325 Å². The zero-order chi connectivity index (χ0) is 62.6. The van der Waals surface area contributed by atoms with Crippen LogP contribution in [0.1, 0.15) is 54.2 Å². The average molecular weight is 1180 g/mol. The molecule has 0 aliphatic heterocycles. The minimum absolute atomic E-state index is 0.285. The van der Waals surface area contributed by atoms with Crippen molar-refractivity contribution < 1.29 is 17.7 Å². The van der Waals surface area contributed by atoms with Gasteiger partial charge in [-0.15, -0.1) is 0 Å². The Morgan fingerprint density at radius 1 is 0.220 bits per heavy atom. The SMILES string of the molecule is Cc1ccc(-c2ccc3c(c2)oc2ccccc23)cc1.Cc1ccc(-c2ccc3oc4ccccc4c3c2)cc1.Cc1ccc(-c2cccc3c2oc2ccccc23)cc1.Cc1ccc(-c2cccc3oc4ccccc4c23)cc1.Cc1ccc(C(C)(C)C)cc1. The summed E-state index contributed by atoms with van der Waals surface area (Å²) in [5, 5.41) is 9.45. The predicted octanol–water partition coefficient (Wildman–Crippen LogP) is 25.5. The number of para-hydroxylation sites is 5. The zero-order valence-corrected chi connectivity index (χ0v) is 52.8. The summed E-state index contributed by atoms with van der Waals surface area (Å²) in [5.74, 6) is 0. The first-order valence-electron chi connectivity index (χ1n) is 31.3. The van der Waals surface area contributed by atoms with Crippen molar-refractivity contribution in [3.63, 3.8) is 0 Å². The maximum Gasteiger partial charge on any atom is 0.143 e. The van der Waals surface area contributed by atoms with Crippen molar-refractivity contribution in [1.82, 2.24) is 0 Å². The molecule has 13 aromatic carbocycles. The van der Waals surface area contributed by atoms with E-state index in [1.54, 1.807) is 0 Å². The van der Waals surface area contributed by atoms with Crippen molar-refractivity contribution in [2.24, 2.45) is 0 Å². The molecule has 4 heterocycles. The molecule has 0 amide bonds. The lowest BCUT2D eigenvalue weighted by Gasteiger charge is -2.18. The van der Waals surface area contributed by atoms with Gasteiger partial charge < -0.3 is 17.7 Å². The van der Waals surface area contributed by atoms with Gasteiger partial charge in [-0.3, -0.25) is 0 Å². The van der Waals surface area contributed by atoms with Crippen molar-refractivity contribution in [2.45, 2.75) is 60.8 Å². The first kappa shape index (κ1) is 59.0. The number of fused-ring (bicyclic) bond motifs is 12. The van der Waals surface area contributed by atoms with Crippen LogP contribution in [0, 0.1) is 34.6 Å². The highest BCUT2D eigenvalue weighted by molar-refractivity contribution is 6.13. The van der Waals surface area contributed by atoms with E-state index in [0.717, 1.165) is 50.2 Å². The number of furan rings is 4. The molecule has 0 N–H and O–H groups in total. The Morgan fingerprint density at radius 3 is 1.11 bits per heavy atom. The Labute approximate surface area is 532 Å². The van der Waals surface area contributed by atoms with Crippen molar-refractivity contribution in [3.8, 4) is 44.5 Å². The molecular formula is C87H72O4. The number of hydrogen-bond donors (Lipinski definition) is 0. The topological polar surface area (TPSA) is 52.6 Å². The van der Waals surface area contributed by atoms with Crippen molar-refractivity contribution >= 4 is 87.8 Å². The van der Waals surface area contributed by atoms with E-state index < -0.39 is 0 Å². The number of rotatable bonds is 4. The molecule has 0 aliphatic rings. The Bertz CT molecular complexity index is 5310. The minimum atomic E-state index is 0.285. The smallest absolute Gasteiger partial charge is 0.143 e. The van der Waals surface area contributed by atoms with Crippen molar-refractivity contribution in [2.75, 3.05) is 0 Å². The Kier molecular flexibility index (Phi) is 16.6. The molecule has 0 atom stereocenters. The van der Waals surface area contributed by atoms with Gasteiger partial charge in [-0.25, -0.2) is 0 Å². The van der Waals surface area contributed by atoms with Gasteiger partial charge in [-0.05, 0) is 139 Å². The lowest BCUT2D eigenvalue weighted by atomic mass is 9.87. The molecule has 4 heteroatoms. The first-order chi connectivity index (χ1) is 44.3. The quantitative estimate of drug-likeness (QED) is 0.176. The standard InChI is InChI=1S/4C19H14O.C11H16/c1-13-9-11-14(12-10-13)15-6-4-7-17-16-5-2-3-8-18(16)20-19(15)17;1-13-9-11-14(12-10-13)15-6-4-8-18-19(15)16-5-2-3-7-17(16)20-18;1-13-6-8-14(9-7-13)15-10-11-19-17(12-15)16-4-2-3-5-18(16)20-19;1-13-6-8-14(9-7-13)15-10-11-17-16-4-2-3-5-18(16)20-19(17)12-15;1-9-5-7-10(8-6-9)11(2,3)4/h4*2-12H,1H3;5-8H,1-4H3. The Morgan fingerprint density at radius 2 is 0.560 bits per heavy atom. The third-order valence-corrected chi connectivity index (χ3v) is 17.0. The lowest BCUT2D eigenvalue weighted by molar-refractivity contribution is 0.590. The molecule has 4 aromatic heterocycles. The van der Waals surface area contributed by atoms with Crippen LogP contribution in [0.3, 0.4) is 0 Å². The van der Waals surface area contributed by atoms with E-state index in [9.17, 15) is 0 Å². The van der Waals surface area contributed by atoms with Crippen LogP contribution in [0.5, 0.6) is 0 Å². The molecular weight excluding hydrogens is 1110 g/mol. The Hall–Kier alpha value is -10.9. The van der Waals surface area contributed by atoms with Gasteiger partial charge in [0.2, 0.25) is 0 Å². The highest BCUT2D eigenvalue weighted by Gasteiger charge is 2.15. The molecule has 0 fully saturated rings. The third-order valence-electron chi connectivity index (χ3n) is 17.0. The monoisotopic (exact) mass is 1180 g/mol. The fourth-order valence-electron chi connectivity index (χ4n) is 11.8. The third kappa shape index (κ3) is 12.9. The van der Waals surface area contributed by atoms with Crippen LogP contribution in [0.15, 0.2) is 309 Å². The minimum Gasteiger partial charge on any atom is -0.456 e. The molecule has 91 heavy (non-hydrogen) atoms. The summed E-state index contributed by atoms with van der Waals surface area (Å²) < 4.78 is 23.8. The van der Waals surface area contributed by atoms with Gasteiger partial charge in [-0.1, -0.05) is 285 Å². The van der Waals surface area contributed by atoms with E-state index >= 15 is 0 Å². The summed E-state index contributed by atoms with van der Waals surface area (Å²) in [7, 11) is 0. The molecule has 0 spiro atoms. The van der Waals surface area contributed by atoms with Crippen LogP contribution in [-0.2, 0) is 5.41 Å². The second-order valence-electron chi connectivity index (χ2n) is 24.8. The molecule has 0 saturated carbocycles. The van der Waals surface area contributed by atoms with Gasteiger partial charge in [0.1, 0.15) is 44.7 Å². The molecule has 0 unspecified atom stereocenters. The molecule has 0 radical (unpaired) electrons. The average Bonchev–Trinajstić information content (AvgIpc) is 1.77. The first-order valence-corrected chi connectivity index (χ1v) is 31.3. The highest BCUT2D eigenvalue weighted by Crippen LogP contribution is 2.39. The molecule has 17 rings (SSSR count). The van der Waals surface area contributed by atoms with Crippen LogP contribution in [0.2, 0.25) is 0 Å². The molecule has 0 saturated heterocycles.